The smallest absolute Gasteiger partial charge is 0.127 e. The van der Waals surface area contributed by atoms with E-state index in [-0.39, 0.29) is 11.8 Å². The number of aliphatic hydroxyl groups is 2. The lowest BCUT2D eigenvalue weighted by Crippen LogP contribution is -2.42. The van der Waals surface area contributed by atoms with Crippen molar-refractivity contribution in [3.05, 3.63) is 131 Å². The second-order valence-electron chi connectivity index (χ2n) is 10.4. The Kier molecular flexibility index (Phi) is 7.31. The van der Waals surface area contributed by atoms with Crippen LogP contribution in [0.5, 0.6) is 11.5 Å². The molecule has 0 fully saturated rings. The molecule has 1 aliphatic carbocycles. The van der Waals surface area contributed by atoms with Gasteiger partial charge in [0, 0.05) is 23.5 Å². The molecule has 190 valence electrons. The van der Waals surface area contributed by atoms with Crippen molar-refractivity contribution in [2.75, 3.05) is 0 Å². The Labute approximate surface area is 219 Å². The standard InChI is InChI=1S/C33H34O4/c1-33(2,35)29-20-27-28(32(34)31(29)25-16-10-5-11-17-25)18-26(36-21-23-12-6-3-7-13-23)19-30(27)37-22-24-14-8-4-9-15-24/h3-19,29,31-32,34-35H,20-22H2,1-2H3/t29-,31-,32-/m0/s1. The fourth-order valence-corrected chi connectivity index (χ4v) is 5.35. The molecule has 37 heavy (non-hydrogen) atoms. The normalized spacial score (nSPS) is 19.2. The van der Waals surface area contributed by atoms with Gasteiger partial charge in [0.25, 0.3) is 0 Å². The maximum Gasteiger partial charge on any atom is 0.127 e. The van der Waals surface area contributed by atoms with Crippen molar-refractivity contribution in [2.24, 2.45) is 5.92 Å². The molecule has 0 bridgehead atoms. The second kappa shape index (κ2) is 10.8. The molecular formula is C33H34O4. The van der Waals surface area contributed by atoms with E-state index in [2.05, 4.69) is 0 Å². The van der Waals surface area contributed by atoms with Gasteiger partial charge in [-0.2, -0.15) is 0 Å². The number of rotatable bonds is 8. The Bertz CT molecular complexity index is 1300. The van der Waals surface area contributed by atoms with Gasteiger partial charge >= 0.3 is 0 Å². The van der Waals surface area contributed by atoms with Gasteiger partial charge in [0.05, 0.1) is 11.7 Å². The van der Waals surface area contributed by atoms with Crippen LogP contribution < -0.4 is 9.47 Å². The van der Waals surface area contributed by atoms with Crippen LogP contribution in [0.25, 0.3) is 0 Å². The van der Waals surface area contributed by atoms with Gasteiger partial charge in [-0.15, -0.1) is 0 Å². The molecule has 4 heteroatoms. The Morgan fingerprint density at radius 1 is 0.757 bits per heavy atom. The lowest BCUT2D eigenvalue weighted by atomic mass is 9.65. The average molecular weight is 495 g/mol. The Hall–Kier alpha value is -3.60. The lowest BCUT2D eigenvalue weighted by Gasteiger charge is -2.43. The molecular weight excluding hydrogens is 460 g/mol. The van der Waals surface area contributed by atoms with Gasteiger partial charge < -0.3 is 19.7 Å². The molecule has 1 aliphatic rings. The van der Waals surface area contributed by atoms with Crippen LogP contribution in [0.4, 0.5) is 0 Å². The number of hydrogen-bond donors (Lipinski definition) is 2. The molecule has 4 nitrogen and oxygen atoms in total. The third-order valence-corrected chi connectivity index (χ3v) is 7.31. The Morgan fingerprint density at radius 3 is 1.86 bits per heavy atom. The quantitative estimate of drug-likeness (QED) is 0.290. The first-order chi connectivity index (χ1) is 17.9. The number of fused-ring (bicyclic) bond motifs is 1. The van der Waals surface area contributed by atoms with Crippen molar-refractivity contribution in [1.29, 1.82) is 0 Å². The molecule has 0 amide bonds. The van der Waals surface area contributed by atoms with E-state index in [0.29, 0.717) is 31.1 Å². The van der Waals surface area contributed by atoms with Gasteiger partial charge in [0.15, 0.2) is 0 Å². The third-order valence-electron chi connectivity index (χ3n) is 7.31. The van der Waals surface area contributed by atoms with Crippen LogP contribution in [0.1, 0.15) is 53.7 Å². The van der Waals surface area contributed by atoms with Crippen LogP contribution in [0.3, 0.4) is 0 Å². The predicted molar refractivity (Wildman–Crippen MR) is 146 cm³/mol. The van der Waals surface area contributed by atoms with Crippen LogP contribution in [0, 0.1) is 5.92 Å². The zero-order chi connectivity index (χ0) is 25.8. The van der Waals surface area contributed by atoms with E-state index < -0.39 is 11.7 Å². The molecule has 0 spiro atoms. The first-order valence-corrected chi connectivity index (χ1v) is 12.9. The molecule has 5 rings (SSSR count). The molecule has 0 aromatic heterocycles. The minimum absolute atomic E-state index is 0.201. The maximum absolute atomic E-state index is 11.8. The first-order valence-electron chi connectivity index (χ1n) is 12.9. The van der Waals surface area contributed by atoms with E-state index in [9.17, 15) is 10.2 Å². The fraction of sp³-hybridized carbons (Fsp3) is 0.273. The predicted octanol–water partition coefficient (Wildman–Crippen LogP) is 6.61. The highest BCUT2D eigenvalue weighted by atomic mass is 16.5. The van der Waals surface area contributed by atoms with Crippen molar-refractivity contribution >= 4 is 0 Å². The van der Waals surface area contributed by atoms with Crippen LogP contribution in [-0.2, 0) is 19.6 Å². The summed E-state index contributed by atoms with van der Waals surface area (Å²) in [6, 6.07) is 33.9. The lowest BCUT2D eigenvalue weighted by molar-refractivity contribution is -0.0302. The molecule has 0 saturated heterocycles. The molecule has 2 N–H and O–H groups in total. The minimum Gasteiger partial charge on any atom is -0.489 e. The summed E-state index contributed by atoms with van der Waals surface area (Å²) in [4.78, 5) is 0. The second-order valence-corrected chi connectivity index (χ2v) is 10.4. The van der Waals surface area contributed by atoms with Gasteiger partial charge in [-0.25, -0.2) is 0 Å². The van der Waals surface area contributed by atoms with Crippen molar-refractivity contribution in [1.82, 2.24) is 0 Å². The maximum atomic E-state index is 11.8. The van der Waals surface area contributed by atoms with Crippen LogP contribution in [0.2, 0.25) is 0 Å². The van der Waals surface area contributed by atoms with Gasteiger partial charge in [-0.1, -0.05) is 91.0 Å². The number of hydrogen-bond acceptors (Lipinski definition) is 4. The molecule has 0 heterocycles. The van der Waals surface area contributed by atoms with Gasteiger partial charge in [-0.05, 0) is 48.6 Å². The average Bonchev–Trinajstić information content (AvgIpc) is 2.92. The zero-order valence-corrected chi connectivity index (χ0v) is 21.4. The fourth-order valence-electron chi connectivity index (χ4n) is 5.35. The van der Waals surface area contributed by atoms with Gasteiger partial charge in [0.1, 0.15) is 24.7 Å². The molecule has 0 saturated carbocycles. The first kappa shape index (κ1) is 25.1. The van der Waals surface area contributed by atoms with Crippen LogP contribution in [0.15, 0.2) is 103 Å². The minimum atomic E-state index is -1.00. The number of benzene rings is 4. The molecule has 3 atom stereocenters. The monoisotopic (exact) mass is 494 g/mol. The summed E-state index contributed by atoms with van der Waals surface area (Å²) in [6.45, 7) is 4.48. The van der Waals surface area contributed by atoms with E-state index in [1.165, 1.54) is 0 Å². The summed E-state index contributed by atoms with van der Waals surface area (Å²) >= 11 is 0. The van der Waals surface area contributed by atoms with E-state index in [0.717, 1.165) is 27.8 Å². The van der Waals surface area contributed by atoms with Gasteiger partial charge in [-0.3, -0.25) is 0 Å². The number of aliphatic hydroxyl groups excluding tert-OH is 1. The van der Waals surface area contributed by atoms with Crippen molar-refractivity contribution in [3.8, 4) is 11.5 Å². The molecule has 4 aromatic carbocycles. The summed E-state index contributed by atoms with van der Waals surface area (Å²) < 4.78 is 12.6. The molecule has 0 unspecified atom stereocenters. The summed E-state index contributed by atoms with van der Waals surface area (Å²) in [5, 5.41) is 23.0. The van der Waals surface area contributed by atoms with Crippen LogP contribution in [-0.4, -0.2) is 15.8 Å². The molecule has 0 aliphatic heterocycles. The Morgan fingerprint density at radius 2 is 1.30 bits per heavy atom. The largest absolute Gasteiger partial charge is 0.489 e. The van der Waals surface area contributed by atoms with Crippen molar-refractivity contribution < 1.29 is 19.7 Å². The SMILES string of the molecule is CC(C)(O)[C@H]1Cc2c(OCc3ccccc3)cc(OCc3ccccc3)cc2[C@H](O)[C@H]1c1ccccc1. The summed E-state index contributed by atoms with van der Waals surface area (Å²) in [7, 11) is 0. The summed E-state index contributed by atoms with van der Waals surface area (Å²) in [5.74, 6) is 0.870. The van der Waals surface area contributed by atoms with E-state index in [1.54, 1.807) is 0 Å². The van der Waals surface area contributed by atoms with E-state index >= 15 is 0 Å². The highest BCUT2D eigenvalue weighted by molar-refractivity contribution is 5.51. The zero-order valence-electron chi connectivity index (χ0n) is 21.4. The summed E-state index contributed by atoms with van der Waals surface area (Å²) in [6.07, 6.45) is -0.236. The summed E-state index contributed by atoms with van der Waals surface area (Å²) in [5.41, 5.74) is 3.85. The third kappa shape index (κ3) is 5.71. The van der Waals surface area contributed by atoms with E-state index in [4.69, 9.17) is 9.47 Å². The highest BCUT2D eigenvalue weighted by Crippen LogP contribution is 2.51. The van der Waals surface area contributed by atoms with Crippen molar-refractivity contribution in [2.45, 2.75) is 51.1 Å². The van der Waals surface area contributed by atoms with Crippen molar-refractivity contribution in [3.63, 3.8) is 0 Å². The topological polar surface area (TPSA) is 58.9 Å². The number of ether oxygens (including phenoxy) is 2. The van der Waals surface area contributed by atoms with Crippen LogP contribution >= 0.6 is 0 Å². The van der Waals surface area contributed by atoms with E-state index in [1.807, 2.05) is 117 Å². The molecule has 4 aromatic rings. The Balaban J connectivity index is 1.54. The van der Waals surface area contributed by atoms with Gasteiger partial charge in [0.2, 0.25) is 0 Å². The highest BCUT2D eigenvalue weighted by Gasteiger charge is 2.44. The molecule has 0 radical (unpaired) electrons.